The molecule has 0 saturated carbocycles. The molecule has 0 amide bonds. The molecule has 21 saturated heterocycles. The van der Waals surface area contributed by atoms with Crippen LogP contribution in [-0.2, 0) is 147 Å². The van der Waals surface area contributed by atoms with Crippen LogP contribution in [0, 0.1) is 34.6 Å². The van der Waals surface area contributed by atoms with E-state index in [0.29, 0.717) is 27.8 Å². The van der Waals surface area contributed by atoms with Crippen molar-refractivity contribution in [3.8, 4) is 0 Å². The standard InChI is InChI=1S/C89H128O45S5Si2/c1-43-16-26-48(27-17-43)135(104,105)114-36-53-74-61(91)68(98)82(122-53)130-76-55(38-116-137(108,109)50-30-20-45(3)21-31-50)124-84(70(100)63(76)93)133-79-58(41-119-140(12,13)88(6,7)8)127-87(73(103)66(79)96)132-78-57(40-118-139(112,113)52-34-24-47(5)25-35-52)125-85(71(101)64(78)94)134-80-59(42-120-141(14,15)89(9,10)11)126-86(72(102)65(80)95)131-77-56(39-117-138(110,111)51-32-22-46(4)23-33-51)123-83(69(99)62(77)92)129-75-54(121-81(128-74)67(97)60(75)90)37-115-136(106,107)49-28-18-44(2)19-29-49/h16-35,53-87,90-103H,36-42H2,1-15H3/t53-,54-,55-,56-,57-,58-,59-,60-,61-,62-,63-,64-,65-,66-,67-,68-,69-,70-,71+,72+,73-,74-,75-,76-,77-,78-,79-,80-,81-,82-,83-,84-,85-,86-,87-/m1/s1. The van der Waals surface area contributed by atoms with Crippen molar-refractivity contribution in [3.05, 3.63) is 149 Å². The molecular weight excluding hydrogens is 2010 g/mol. The molecule has 35 atom stereocenters. The maximum atomic E-state index is 14.3. The first kappa shape index (κ1) is 113. The molecule has 21 aliphatic heterocycles. The van der Waals surface area contributed by atoms with Crippen molar-refractivity contribution in [2.45, 2.75) is 352 Å². The van der Waals surface area contributed by atoms with E-state index in [4.69, 9.17) is 96.1 Å². The molecule has 0 radical (unpaired) electrons. The van der Waals surface area contributed by atoms with E-state index in [1.807, 2.05) is 41.5 Å². The summed E-state index contributed by atoms with van der Waals surface area (Å²) >= 11 is 0. The van der Waals surface area contributed by atoms with Crippen LogP contribution >= 0.6 is 0 Å². The van der Waals surface area contributed by atoms with Gasteiger partial charge in [0, 0.05) is 0 Å². The third kappa shape index (κ3) is 26.0. The Bertz CT molecular complexity index is 5400. The lowest BCUT2D eigenvalue weighted by atomic mass is 9.95. The Hall–Kier alpha value is -5.12. The summed E-state index contributed by atoms with van der Waals surface area (Å²) in [5, 5.41) is 175. The van der Waals surface area contributed by atoms with Crippen LogP contribution in [0.4, 0.5) is 0 Å². The Morgan fingerprint density at radius 1 is 0.220 bits per heavy atom. The van der Waals surface area contributed by atoms with Gasteiger partial charge in [-0.05, 0) is 132 Å². The number of aryl methyl sites for hydroxylation is 5. The largest absolute Gasteiger partial charge is 0.414 e. The molecule has 0 unspecified atom stereocenters. The number of hydrogen-bond acceptors (Lipinski definition) is 45. The van der Waals surface area contributed by atoms with Crippen molar-refractivity contribution in [1.29, 1.82) is 0 Å². The van der Waals surface area contributed by atoms with Gasteiger partial charge < -0.3 is 147 Å². The van der Waals surface area contributed by atoms with E-state index in [9.17, 15) is 114 Å². The van der Waals surface area contributed by atoms with Gasteiger partial charge in [-0.2, -0.15) is 42.1 Å². The van der Waals surface area contributed by atoms with Crippen molar-refractivity contribution in [3.63, 3.8) is 0 Å². The Kier molecular flexibility index (Phi) is 36.0. The third-order valence-corrected chi connectivity index (χ3v) is 42.3. The average molecular weight is 2130 g/mol. The lowest BCUT2D eigenvalue weighted by Crippen LogP contribution is -2.68. The van der Waals surface area contributed by atoms with E-state index >= 15 is 0 Å². The second kappa shape index (κ2) is 45.0. The van der Waals surface area contributed by atoms with Crippen LogP contribution in [0.3, 0.4) is 0 Å². The molecule has 21 aliphatic rings. The number of aliphatic hydroxyl groups is 14. The summed E-state index contributed by atoms with van der Waals surface area (Å²) < 4.78 is 272. The van der Waals surface area contributed by atoms with Crippen LogP contribution < -0.4 is 0 Å². The molecular formula is C89H128O45S5Si2. The normalized spacial score (nSPS) is 36.6. The van der Waals surface area contributed by atoms with Gasteiger partial charge in [-0.1, -0.05) is 130 Å². The summed E-state index contributed by atoms with van der Waals surface area (Å²) in [4.78, 5) is -2.27. The Balaban J connectivity index is 0.938. The average Bonchev–Trinajstić information content (AvgIpc) is 0.893. The van der Waals surface area contributed by atoms with Crippen molar-refractivity contribution >= 4 is 67.2 Å². The van der Waals surface area contributed by atoms with Crippen LogP contribution in [0.15, 0.2) is 146 Å². The van der Waals surface area contributed by atoms with Gasteiger partial charge in [0.25, 0.3) is 50.6 Å². The monoisotopic (exact) mass is 2130 g/mol. The summed E-state index contributed by atoms with van der Waals surface area (Å²) in [5.74, 6) is 0. The summed E-state index contributed by atoms with van der Waals surface area (Å²) in [6, 6.07) is 25.8. The summed E-state index contributed by atoms with van der Waals surface area (Å²) in [6.07, 6.45) is -82.3. The van der Waals surface area contributed by atoms with E-state index in [-0.39, 0.29) is 0 Å². The molecule has 0 spiro atoms. The fourth-order valence-corrected chi connectivity index (χ4v) is 22.6. The molecule has 5 aromatic carbocycles. The predicted octanol–water partition coefficient (Wildman–Crippen LogP) is -0.564. The highest BCUT2D eigenvalue weighted by atomic mass is 32.2. The predicted molar refractivity (Wildman–Crippen MR) is 487 cm³/mol. The molecule has 14 bridgehead atoms. The van der Waals surface area contributed by atoms with Gasteiger partial charge >= 0.3 is 0 Å². The second-order valence-electron chi connectivity index (χ2n) is 39.3. The molecule has 26 rings (SSSR count). The molecule has 21 heterocycles. The highest BCUT2D eigenvalue weighted by Gasteiger charge is 2.62. The molecule has 21 fully saturated rings. The van der Waals surface area contributed by atoms with Crippen molar-refractivity contribution in [1.82, 2.24) is 0 Å². The first-order chi connectivity index (χ1) is 65.7. The van der Waals surface area contributed by atoms with Crippen molar-refractivity contribution < 1.29 is 210 Å². The van der Waals surface area contributed by atoms with Gasteiger partial charge in [-0.25, -0.2) is 0 Å². The van der Waals surface area contributed by atoms with Crippen LogP contribution in [0.1, 0.15) is 69.4 Å². The molecule has 141 heavy (non-hydrogen) atoms. The molecule has 792 valence electrons. The summed E-state index contributed by atoms with van der Waals surface area (Å²) in [7, 11) is -30.8. The lowest BCUT2D eigenvalue weighted by molar-refractivity contribution is -0.395. The maximum absolute atomic E-state index is 14.3. The fraction of sp³-hybridized carbons (Fsp3) is 0.663. The van der Waals surface area contributed by atoms with Gasteiger partial charge in [0.2, 0.25) is 0 Å². The van der Waals surface area contributed by atoms with Crippen LogP contribution in [0.5, 0.6) is 0 Å². The molecule has 14 N–H and O–H groups in total. The Morgan fingerprint density at radius 2 is 0.348 bits per heavy atom. The van der Waals surface area contributed by atoms with E-state index in [1.165, 1.54) is 97.1 Å². The van der Waals surface area contributed by atoms with Crippen molar-refractivity contribution in [2.24, 2.45) is 0 Å². The van der Waals surface area contributed by atoms with Gasteiger partial charge in [0.1, 0.15) is 171 Å². The topological polar surface area (TPSA) is 648 Å². The minimum Gasteiger partial charge on any atom is -0.414 e. The minimum atomic E-state index is -4.97. The third-order valence-electron chi connectivity index (χ3n) is 26.8. The zero-order valence-corrected chi connectivity index (χ0v) is 85.7. The first-order valence-corrected chi connectivity index (χ1v) is 58.3. The van der Waals surface area contributed by atoms with Gasteiger partial charge in [-0.15, -0.1) is 0 Å². The van der Waals surface area contributed by atoms with Gasteiger partial charge in [0.05, 0.1) is 70.7 Å². The number of hydrogen-bond donors (Lipinski definition) is 14. The smallest absolute Gasteiger partial charge is 0.297 e. The van der Waals surface area contributed by atoms with E-state index in [1.54, 1.807) is 60.8 Å². The Morgan fingerprint density at radius 3 is 0.475 bits per heavy atom. The van der Waals surface area contributed by atoms with Gasteiger partial charge in [-0.3, -0.25) is 20.9 Å². The molecule has 45 nitrogen and oxygen atoms in total. The van der Waals surface area contributed by atoms with Crippen LogP contribution in [0.2, 0.25) is 36.3 Å². The lowest BCUT2D eigenvalue weighted by Gasteiger charge is -2.50. The van der Waals surface area contributed by atoms with Crippen LogP contribution in [-0.4, -0.2) is 391 Å². The highest BCUT2D eigenvalue weighted by Crippen LogP contribution is 2.45. The zero-order chi connectivity index (χ0) is 103. The Labute approximate surface area is 819 Å². The number of rotatable bonds is 26. The number of aliphatic hydroxyl groups excluding tert-OH is 14. The highest BCUT2D eigenvalue weighted by molar-refractivity contribution is 7.87. The quantitative estimate of drug-likeness (QED) is 0.0244. The SMILES string of the molecule is Cc1ccc(S(=O)(=O)OC[C@H]2O[C@@H]3O[C@H]4[C@H](O)[C@H](O)[C@@H](O[C@H]5[C@H](O)[C@@H](O)[C@@H](O[C@H]6[C@H](O)[C@@H](O)[C@@H](O[C@H]7[C@H](O)[C@@H](O)[C@@H](O[C@H]8[C@H](O)[C@@H](O)[C@@H](O[C@H]9[C@H](O)[C@@H](O)[C@@H](O[C@H]2[C@H](O)[C@@H]3O)O[C@@H]9CO[Si](C)(C)C(C)(C)C)O[C@@H]8COS(=O)(=O)c2ccc(C)cc2)O[C@@H]7COS(=O)(=O)c2ccc(C)cc2)O[C@@H]6COS(=O)(=O)c2ccc(C)cc2)O[C@@H]5COS(=O)(=O)c2ccc(C)cc2)O[C@@H]4CO[Si](C)(C)C(C)(C)C)cc1. The zero-order valence-electron chi connectivity index (χ0n) is 79.7. The maximum Gasteiger partial charge on any atom is 0.297 e. The summed E-state index contributed by atoms with van der Waals surface area (Å²) in [6.45, 7) is 18.8. The molecule has 5 aromatic rings. The van der Waals surface area contributed by atoms with Crippen LogP contribution in [0.25, 0.3) is 0 Å². The fourth-order valence-electron chi connectivity index (χ4n) is 16.0. The minimum absolute atomic E-state index is 0.415. The molecule has 0 aliphatic carbocycles. The number of benzene rings is 5. The van der Waals surface area contributed by atoms with E-state index < -0.39 is 363 Å². The second-order valence-corrected chi connectivity index (χ2v) is 57.0. The first-order valence-electron chi connectivity index (χ1n) is 45.5. The summed E-state index contributed by atoms with van der Waals surface area (Å²) in [5.41, 5.74) is 2.98. The van der Waals surface area contributed by atoms with E-state index in [2.05, 4.69) is 0 Å². The van der Waals surface area contributed by atoms with E-state index in [0.717, 1.165) is 24.3 Å². The number of ether oxygens (including phenoxy) is 14. The van der Waals surface area contributed by atoms with Crippen molar-refractivity contribution in [2.75, 3.05) is 46.2 Å². The van der Waals surface area contributed by atoms with Gasteiger partial charge in [0.15, 0.2) is 60.7 Å². The molecule has 52 heteroatoms. The molecule has 0 aromatic heterocycles.